The van der Waals surface area contributed by atoms with Crippen LogP contribution >= 0.6 is 31.9 Å². The Bertz CT molecular complexity index is 179. The van der Waals surface area contributed by atoms with E-state index in [-0.39, 0.29) is 15.8 Å². The normalized spacial score (nSPS) is 20.6. The summed E-state index contributed by atoms with van der Waals surface area (Å²) >= 11 is 6.22. The first-order valence-corrected chi connectivity index (χ1v) is 6.10. The van der Waals surface area contributed by atoms with Gasteiger partial charge in [-0.05, 0) is 19.9 Å². The number of halogens is 2. The van der Waals surface area contributed by atoms with Crippen LogP contribution in [0.2, 0.25) is 0 Å². The lowest BCUT2D eigenvalue weighted by Crippen LogP contribution is -2.36. The summed E-state index contributed by atoms with van der Waals surface area (Å²) in [7, 11) is 2.08. The van der Waals surface area contributed by atoms with E-state index in [0.717, 1.165) is 25.9 Å². The van der Waals surface area contributed by atoms with Gasteiger partial charge in [0.05, 0.1) is 0 Å². The highest BCUT2D eigenvalue weighted by Crippen LogP contribution is 2.16. The third-order valence-electron chi connectivity index (χ3n) is 2.13. The smallest absolute Gasteiger partial charge is 0.330 e. The molecule has 1 aliphatic heterocycles. The van der Waals surface area contributed by atoms with Crippen LogP contribution in [-0.2, 0) is 9.53 Å². The molecule has 1 rings (SSSR count). The highest BCUT2D eigenvalue weighted by Gasteiger charge is 2.22. The summed E-state index contributed by atoms with van der Waals surface area (Å²) in [6.45, 7) is 2.01. The Morgan fingerprint density at radius 1 is 1.46 bits per heavy atom. The van der Waals surface area contributed by atoms with Crippen LogP contribution in [0.3, 0.4) is 0 Å². The zero-order valence-electron chi connectivity index (χ0n) is 7.50. The predicted octanol–water partition coefficient (Wildman–Crippen LogP) is 1.74. The third-order valence-corrected chi connectivity index (χ3v) is 2.87. The van der Waals surface area contributed by atoms with E-state index in [1.807, 2.05) is 0 Å². The quantitative estimate of drug-likeness (QED) is 0.574. The maximum Gasteiger partial charge on any atom is 0.330 e. The Hall–Kier alpha value is 0.390. The number of carbonyl (C=O) groups excluding carboxylic acids is 1. The standard InChI is InChI=1S/C8H13Br2NO2/c1-11-4-2-6(3-5-11)13-8(12)7(9)10/h6-7H,2-5H2,1H3. The van der Waals surface area contributed by atoms with E-state index >= 15 is 0 Å². The number of rotatable bonds is 2. The lowest BCUT2D eigenvalue weighted by molar-refractivity contribution is -0.148. The van der Waals surface area contributed by atoms with Crippen molar-refractivity contribution in [2.45, 2.75) is 22.7 Å². The van der Waals surface area contributed by atoms with Gasteiger partial charge in [-0.15, -0.1) is 0 Å². The number of esters is 1. The van der Waals surface area contributed by atoms with Crippen molar-refractivity contribution < 1.29 is 9.53 Å². The summed E-state index contributed by atoms with van der Waals surface area (Å²) in [5, 5.41) is 0. The van der Waals surface area contributed by atoms with E-state index in [0.29, 0.717) is 0 Å². The molecule has 0 unspecified atom stereocenters. The number of piperidine rings is 1. The Kier molecular flexibility index (Phi) is 4.69. The van der Waals surface area contributed by atoms with E-state index in [9.17, 15) is 4.79 Å². The molecule has 1 aliphatic rings. The van der Waals surface area contributed by atoms with Gasteiger partial charge < -0.3 is 9.64 Å². The van der Waals surface area contributed by atoms with Crippen LogP contribution in [0.4, 0.5) is 0 Å². The summed E-state index contributed by atoms with van der Waals surface area (Å²) in [5.74, 6) is -0.227. The molecule has 0 bridgehead atoms. The summed E-state index contributed by atoms with van der Waals surface area (Å²) in [5.41, 5.74) is 0. The van der Waals surface area contributed by atoms with Gasteiger partial charge in [-0.25, -0.2) is 4.79 Å². The summed E-state index contributed by atoms with van der Waals surface area (Å²) < 4.78 is 4.87. The molecule has 0 amide bonds. The SMILES string of the molecule is CN1CCC(OC(=O)C(Br)Br)CC1. The summed E-state index contributed by atoms with van der Waals surface area (Å²) in [6.07, 6.45) is 1.98. The second-order valence-electron chi connectivity index (χ2n) is 3.24. The topological polar surface area (TPSA) is 29.5 Å². The van der Waals surface area contributed by atoms with Gasteiger partial charge in [0, 0.05) is 13.1 Å². The highest BCUT2D eigenvalue weighted by molar-refractivity contribution is 9.25. The van der Waals surface area contributed by atoms with Crippen molar-refractivity contribution in [3.8, 4) is 0 Å². The lowest BCUT2D eigenvalue weighted by Gasteiger charge is -2.28. The molecule has 3 nitrogen and oxygen atoms in total. The molecule has 0 aliphatic carbocycles. The minimum Gasteiger partial charge on any atom is -0.461 e. The van der Waals surface area contributed by atoms with Crippen molar-refractivity contribution in [3.05, 3.63) is 0 Å². The number of nitrogens with zero attached hydrogens (tertiary/aromatic N) is 1. The molecule has 76 valence electrons. The number of ether oxygens (including phenoxy) is 1. The molecule has 0 radical (unpaired) electrons. The van der Waals surface area contributed by atoms with Crippen molar-refractivity contribution in [1.29, 1.82) is 0 Å². The minimum absolute atomic E-state index is 0.0984. The molecule has 0 aromatic rings. The molecular formula is C8H13Br2NO2. The first-order chi connectivity index (χ1) is 6.09. The molecule has 0 N–H and O–H groups in total. The molecule has 5 heteroatoms. The van der Waals surface area contributed by atoms with Gasteiger partial charge in [0.1, 0.15) is 6.10 Å². The van der Waals surface area contributed by atoms with Crippen LogP contribution in [0.15, 0.2) is 0 Å². The van der Waals surface area contributed by atoms with Gasteiger partial charge in [-0.2, -0.15) is 0 Å². The first-order valence-electron chi connectivity index (χ1n) is 4.27. The van der Waals surface area contributed by atoms with E-state index in [1.54, 1.807) is 0 Å². The van der Waals surface area contributed by atoms with Gasteiger partial charge in [-0.1, -0.05) is 31.9 Å². The van der Waals surface area contributed by atoms with E-state index in [2.05, 4.69) is 43.8 Å². The molecule has 0 spiro atoms. The van der Waals surface area contributed by atoms with E-state index < -0.39 is 0 Å². The van der Waals surface area contributed by atoms with E-state index in [1.165, 1.54) is 0 Å². The number of likely N-dealkylation sites (tertiary alicyclic amines) is 1. The monoisotopic (exact) mass is 313 g/mol. The number of carbonyl (C=O) groups is 1. The van der Waals surface area contributed by atoms with Gasteiger partial charge in [0.15, 0.2) is 3.74 Å². The van der Waals surface area contributed by atoms with Gasteiger partial charge in [0.2, 0.25) is 0 Å². The average Bonchev–Trinajstić information content (AvgIpc) is 2.08. The van der Waals surface area contributed by atoms with Gasteiger partial charge in [-0.3, -0.25) is 0 Å². The number of hydrogen-bond acceptors (Lipinski definition) is 3. The Labute approximate surface area is 95.1 Å². The number of alkyl halides is 2. The van der Waals surface area contributed by atoms with Crippen molar-refractivity contribution >= 4 is 37.8 Å². The second kappa shape index (κ2) is 5.32. The maximum absolute atomic E-state index is 11.2. The van der Waals surface area contributed by atoms with Crippen LogP contribution in [0.5, 0.6) is 0 Å². The van der Waals surface area contributed by atoms with Crippen LogP contribution in [0, 0.1) is 0 Å². The molecule has 13 heavy (non-hydrogen) atoms. The predicted molar refractivity (Wildman–Crippen MR) is 58.3 cm³/mol. The van der Waals surface area contributed by atoms with Crippen LogP contribution < -0.4 is 0 Å². The molecule has 0 saturated carbocycles. The molecule has 0 aromatic carbocycles. The van der Waals surface area contributed by atoms with Crippen molar-refractivity contribution in [2.24, 2.45) is 0 Å². The molecule has 1 heterocycles. The van der Waals surface area contributed by atoms with E-state index in [4.69, 9.17) is 4.74 Å². The maximum atomic E-state index is 11.2. The van der Waals surface area contributed by atoms with Gasteiger partial charge in [0.25, 0.3) is 0 Å². The largest absolute Gasteiger partial charge is 0.461 e. The zero-order chi connectivity index (χ0) is 9.84. The fourth-order valence-electron chi connectivity index (χ4n) is 1.32. The third kappa shape index (κ3) is 3.95. The summed E-state index contributed by atoms with van der Waals surface area (Å²) in [4.78, 5) is 13.4. The fraction of sp³-hybridized carbons (Fsp3) is 0.875. The zero-order valence-corrected chi connectivity index (χ0v) is 10.7. The molecule has 0 aromatic heterocycles. The molecule has 0 atom stereocenters. The second-order valence-corrected chi connectivity index (χ2v) is 6.30. The Balaban J connectivity index is 2.26. The molecular weight excluding hydrogens is 302 g/mol. The lowest BCUT2D eigenvalue weighted by atomic mass is 10.1. The summed E-state index contributed by atoms with van der Waals surface area (Å²) in [6, 6.07) is 0. The molecule has 1 fully saturated rings. The molecule has 1 saturated heterocycles. The van der Waals surface area contributed by atoms with Crippen molar-refractivity contribution in [1.82, 2.24) is 4.90 Å². The average molecular weight is 315 g/mol. The van der Waals surface area contributed by atoms with Crippen molar-refractivity contribution in [3.63, 3.8) is 0 Å². The van der Waals surface area contributed by atoms with Crippen LogP contribution in [0.1, 0.15) is 12.8 Å². The van der Waals surface area contributed by atoms with Crippen molar-refractivity contribution in [2.75, 3.05) is 20.1 Å². The fourth-order valence-corrected chi connectivity index (χ4v) is 1.53. The first kappa shape index (κ1) is 11.5. The minimum atomic E-state index is -0.375. The number of hydrogen-bond donors (Lipinski definition) is 0. The Morgan fingerprint density at radius 2 is 2.00 bits per heavy atom. The van der Waals surface area contributed by atoms with Gasteiger partial charge >= 0.3 is 5.97 Å². The Morgan fingerprint density at radius 3 is 2.46 bits per heavy atom. The van der Waals surface area contributed by atoms with Crippen LogP contribution in [0.25, 0.3) is 0 Å². The van der Waals surface area contributed by atoms with Crippen LogP contribution in [-0.4, -0.2) is 40.8 Å². The highest BCUT2D eigenvalue weighted by atomic mass is 79.9.